The number of hydrogen-bond acceptors (Lipinski definition) is 3. The monoisotopic (exact) mass is 281 g/mol. The summed E-state index contributed by atoms with van der Waals surface area (Å²) in [4.78, 5) is 4.59. The summed E-state index contributed by atoms with van der Waals surface area (Å²) >= 11 is 0. The van der Waals surface area contributed by atoms with Crippen molar-refractivity contribution in [1.82, 2.24) is 0 Å². The van der Waals surface area contributed by atoms with Crippen molar-refractivity contribution in [2.24, 2.45) is 4.99 Å². The molecule has 0 radical (unpaired) electrons. The topological polar surface area (TPSA) is 66.7 Å². The molecule has 1 aliphatic rings. The molecule has 0 amide bonds. The average Bonchev–Trinajstić information content (AvgIpc) is 2.49. The Morgan fingerprint density at radius 3 is 2.37 bits per heavy atom. The van der Waals surface area contributed by atoms with Crippen molar-refractivity contribution >= 4 is 21.5 Å². The van der Waals surface area contributed by atoms with Crippen molar-refractivity contribution in [3.63, 3.8) is 0 Å². The Hall–Kier alpha value is -1.20. The van der Waals surface area contributed by atoms with Crippen LogP contribution in [0, 0.1) is 13.8 Å². The van der Waals surface area contributed by atoms with Gasteiger partial charge < -0.3 is 0 Å². The van der Waals surface area contributed by atoms with E-state index in [4.69, 9.17) is 0 Å². The first-order valence-electron chi connectivity index (χ1n) is 6.31. The molecule has 0 saturated heterocycles. The van der Waals surface area contributed by atoms with Crippen LogP contribution in [0.3, 0.4) is 0 Å². The molecule has 1 atom stereocenters. The van der Waals surface area contributed by atoms with Gasteiger partial charge in [0.05, 0.1) is 5.69 Å². The van der Waals surface area contributed by atoms with Crippen molar-refractivity contribution in [3.05, 3.63) is 22.8 Å². The van der Waals surface area contributed by atoms with Gasteiger partial charge in [-0.15, -0.1) is 0 Å². The Balaban J connectivity index is 2.88. The van der Waals surface area contributed by atoms with Crippen LogP contribution in [0.15, 0.2) is 16.0 Å². The highest BCUT2D eigenvalue weighted by atomic mass is 32.2. The molecule has 0 bridgehead atoms. The third kappa shape index (κ3) is 1.92. The van der Waals surface area contributed by atoms with Gasteiger partial charge in [0.25, 0.3) is 10.1 Å². The molecule has 1 aromatic carbocycles. The minimum Gasteiger partial charge on any atom is -0.282 e. The number of aryl methyl sites for hydroxylation is 1. The average molecular weight is 281 g/mol. The van der Waals surface area contributed by atoms with Crippen LogP contribution in [-0.4, -0.2) is 18.7 Å². The number of hydrogen-bond donors (Lipinski definition) is 1. The third-order valence-corrected chi connectivity index (χ3v) is 5.43. The minimum atomic E-state index is -4.21. The Morgan fingerprint density at radius 2 is 1.89 bits per heavy atom. The zero-order valence-corrected chi connectivity index (χ0v) is 12.7. The molecule has 104 valence electrons. The Bertz CT molecular complexity index is 689. The highest BCUT2D eigenvalue weighted by Gasteiger charge is 2.38. The molecule has 19 heavy (non-hydrogen) atoms. The largest absolute Gasteiger partial charge is 0.295 e. The lowest BCUT2D eigenvalue weighted by molar-refractivity contribution is 0.481. The van der Waals surface area contributed by atoms with E-state index < -0.39 is 10.1 Å². The van der Waals surface area contributed by atoms with Gasteiger partial charge in [0, 0.05) is 11.1 Å². The number of aliphatic imine (C=N–C) groups is 1. The molecule has 5 heteroatoms. The van der Waals surface area contributed by atoms with E-state index in [9.17, 15) is 13.0 Å². The minimum absolute atomic E-state index is 0.0239. The van der Waals surface area contributed by atoms with E-state index in [1.807, 2.05) is 6.92 Å². The van der Waals surface area contributed by atoms with E-state index >= 15 is 0 Å². The van der Waals surface area contributed by atoms with Crippen LogP contribution >= 0.6 is 0 Å². The number of nitrogens with zero attached hydrogens (tertiary/aromatic N) is 1. The molecule has 0 saturated carbocycles. The van der Waals surface area contributed by atoms with Crippen molar-refractivity contribution in [2.75, 3.05) is 0 Å². The molecule has 0 fully saturated rings. The normalized spacial score (nSPS) is 22.3. The summed E-state index contributed by atoms with van der Waals surface area (Å²) in [5.74, 6) is 0. The second-order valence-corrected chi connectivity index (χ2v) is 6.76. The second-order valence-electron chi connectivity index (χ2n) is 5.40. The summed E-state index contributed by atoms with van der Waals surface area (Å²) < 4.78 is 32.6. The van der Waals surface area contributed by atoms with Crippen LogP contribution in [0.2, 0.25) is 0 Å². The van der Waals surface area contributed by atoms with E-state index in [0.717, 1.165) is 23.4 Å². The zero-order valence-electron chi connectivity index (χ0n) is 11.9. The fraction of sp³-hybridized carbons (Fsp3) is 0.500. The van der Waals surface area contributed by atoms with E-state index in [2.05, 4.69) is 18.8 Å². The molecule has 1 aromatic rings. The van der Waals surface area contributed by atoms with Gasteiger partial charge in [-0.05, 0) is 49.9 Å². The first-order valence-corrected chi connectivity index (χ1v) is 7.75. The molecule has 1 unspecified atom stereocenters. The lowest BCUT2D eigenvalue weighted by Crippen LogP contribution is -2.28. The van der Waals surface area contributed by atoms with Crippen molar-refractivity contribution in [3.8, 4) is 0 Å². The van der Waals surface area contributed by atoms with Crippen molar-refractivity contribution < 1.29 is 13.0 Å². The molecule has 0 aliphatic carbocycles. The highest BCUT2D eigenvalue weighted by Crippen LogP contribution is 2.46. The summed E-state index contributed by atoms with van der Waals surface area (Å²) in [6.07, 6.45) is 0.837. The molecule has 4 nitrogen and oxygen atoms in total. The zero-order chi connectivity index (χ0) is 14.6. The van der Waals surface area contributed by atoms with Crippen LogP contribution in [0.25, 0.3) is 0 Å². The van der Waals surface area contributed by atoms with E-state index in [1.54, 1.807) is 19.9 Å². The number of fused-ring (bicyclic) bond motifs is 1. The van der Waals surface area contributed by atoms with Crippen LogP contribution in [-0.2, 0) is 15.5 Å². The van der Waals surface area contributed by atoms with Gasteiger partial charge in [0.1, 0.15) is 4.90 Å². The van der Waals surface area contributed by atoms with Gasteiger partial charge in [-0.3, -0.25) is 9.55 Å². The van der Waals surface area contributed by atoms with Crippen LogP contribution in [0.5, 0.6) is 0 Å². The van der Waals surface area contributed by atoms with Gasteiger partial charge in [-0.1, -0.05) is 13.8 Å². The van der Waals surface area contributed by atoms with E-state index in [1.165, 1.54) is 0 Å². The van der Waals surface area contributed by atoms with Crippen LogP contribution < -0.4 is 0 Å². The predicted octanol–water partition coefficient (Wildman–Crippen LogP) is 3.32. The van der Waals surface area contributed by atoms with Gasteiger partial charge >= 0.3 is 0 Å². The maximum atomic E-state index is 11.6. The van der Waals surface area contributed by atoms with Crippen LogP contribution in [0.4, 0.5) is 5.69 Å². The Kier molecular flexibility index (Phi) is 3.10. The Labute approximate surface area is 114 Å². The summed E-state index contributed by atoms with van der Waals surface area (Å²) in [6, 6.07) is 1.75. The van der Waals surface area contributed by atoms with E-state index in [-0.39, 0.29) is 10.3 Å². The first kappa shape index (κ1) is 14.2. The van der Waals surface area contributed by atoms with Gasteiger partial charge in [-0.2, -0.15) is 8.42 Å². The summed E-state index contributed by atoms with van der Waals surface area (Å²) in [5.41, 5.74) is 3.63. The first-order chi connectivity index (χ1) is 8.63. The number of benzene rings is 1. The number of rotatable bonds is 2. The fourth-order valence-electron chi connectivity index (χ4n) is 3.04. The Morgan fingerprint density at radius 1 is 1.32 bits per heavy atom. The molecule has 1 heterocycles. The SMILES string of the molecule is CCC1(C)C(C)=Nc2cc(C)c(S(=O)(=O)O)c(C)c21. The maximum absolute atomic E-state index is 11.6. The molecule has 2 rings (SSSR count). The van der Waals surface area contributed by atoms with E-state index in [0.29, 0.717) is 11.1 Å². The molecule has 1 aliphatic heterocycles. The standard InChI is InChI=1S/C14H19NO3S/c1-6-14(5)10(4)15-11-7-8(2)13(19(16,17)18)9(3)12(11)14/h7H,6H2,1-5H3,(H,16,17,18). The highest BCUT2D eigenvalue weighted by molar-refractivity contribution is 7.86. The molecule has 0 aromatic heterocycles. The lowest BCUT2D eigenvalue weighted by Gasteiger charge is -2.27. The summed E-state index contributed by atoms with van der Waals surface area (Å²) in [5, 5.41) is 0. The van der Waals surface area contributed by atoms with Gasteiger partial charge in [0.2, 0.25) is 0 Å². The molecular formula is C14H19NO3S. The summed E-state index contributed by atoms with van der Waals surface area (Å²) in [7, 11) is -4.21. The smallest absolute Gasteiger partial charge is 0.282 e. The molecule has 0 spiro atoms. The lowest BCUT2D eigenvalue weighted by atomic mass is 9.75. The fourth-order valence-corrected chi connectivity index (χ4v) is 4.00. The van der Waals surface area contributed by atoms with Crippen molar-refractivity contribution in [2.45, 2.75) is 51.3 Å². The maximum Gasteiger partial charge on any atom is 0.295 e. The predicted molar refractivity (Wildman–Crippen MR) is 76.1 cm³/mol. The van der Waals surface area contributed by atoms with Crippen molar-refractivity contribution in [1.29, 1.82) is 0 Å². The van der Waals surface area contributed by atoms with Crippen LogP contribution in [0.1, 0.15) is 43.9 Å². The molecule has 1 N–H and O–H groups in total. The molecular weight excluding hydrogens is 262 g/mol. The second kappa shape index (κ2) is 4.15. The quantitative estimate of drug-likeness (QED) is 0.845. The third-order valence-electron chi connectivity index (χ3n) is 4.29. The summed E-state index contributed by atoms with van der Waals surface area (Å²) in [6.45, 7) is 9.51. The van der Waals surface area contributed by atoms with Gasteiger partial charge in [0.15, 0.2) is 0 Å². The van der Waals surface area contributed by atoms with Gasteiger partial charge in [-0.25, -0.2) is 0 Å².